The van der Waals surface area contributed by atoms with Crippen molar-refractivity contribution in [3.63, 3.8) is 0 Å². The zero-order valence-electron chi connectivity index (χ0n) is 32.6. The van der Waals surface area contributed by atoms with E-state index in [2.05, 4.69) is 215 Å². The summed E-state index contributed by atoms with van der Waals surface area (Å²) in [6.45, 7) is 0. The van der Waals surface area contributed by atoms with Crippen molar-refractivity contribution in [1.29, 1.82) is 0 Å². The molecule has 3 heterocycles. The highest BCUT2D eigenvalue weighted by atomic mass is 15.0. The lowest BCUT2D eigenvalue weighted by molar-refractivity contribution is 1.16. The van der Waals surface area contributed by atoms with Gasteiger partial charge in [0.2, 0.25) is 0 Å². The Morgan fingerprint density at radius 1 is 0.300 bits per heavy atom. The Morgan fingerprint density at radius 3 is 1.55 bits per heavy atom. The molecule has 280 valence electrons. The lowest BCUT2D eigenvalue weighted by Crippen LogP contribution is -2.00. The number of benzene rings is 9. The van der Waals surface area contributed by atoms with Gasteiger partial charge in [-0.3, -0.25) is 0 Å². The van der Waals surface area contributed by atoms with Gasteiger partial charge in [-0.1, -0.05) is 176 Å². The number of para-hydroxylation sites is 3. The third kappa shape index (κ3) is 5.39. The molecule has 0 atom stereocenters. The van der Waals surface area contributed by atoms with Gasteiger partial charge in [0.05, 0.1) is 39.1 Å². The van der Waals surface area contributed by atoms with E-state index in [4.69, 9.17) is 9.97 Å². The average molecular weight is 765 g/mol. The molecule has 0 radical (unpaired) electrons. The monoisotopic (exact) mass is 764 g/mol. The van der Waals surface area contributed by atoms with Crippen LogP contribution >= 0.6 is 0 Å². The minimum atomic E-state index is 0.691. The second kappa shape index (κ2) is 13.8. The van der Waals surface area contributed by atoms with E-state index < -0.39 is 0 Å². The highest BCUT2D eigenvalue weighted by molar-refractivity contribution is 6.24. The van der Waals surface area contributed by atoms with Gasteiger partial charge in [0, 0.05) is 49.3 Å². The second-order valence-corrected chi connectivity index (χ2v) is 15.4. The number of nitrogens with zero attached hydrogens (tertiary/aromatic N) is 4. The molecule has 12 aromatic rings. The molecule has 0 bridgehead atoms. The van der Waals surface area contributed by atoms with Crippen LogP contribution in [0, 0.1) is 0 Å². The Morgan fingerprint density at radius 2 is 0.817 bits per heavy atom. The first-order valence-electron chi connectivity index (χ1n) is 20.4. The molecular formula is C56H36N4. The lowest BCUT2D eigenvalue weighted by Gasteiger charge is -2.16. The Balaban J connectivity index is 1.13. The van der Waals surface area contributed by atoms with Crippen LogP contribution in [0.5, 0.6) is 0 Å². The minimum Gasteiger partial charge on any atom is -0.307 e. The van der Waals surface area contributed by atoms with E-state index >= 15 is 0 Å². The van der Waals surface area contributed by atoms with Crippen molar-refractivity contribution in [2.75, 3.05) is 0 Å². The highest BCUT2D eigenvalue weighted by Crippen LogP contribution is 2.43. The second-order valence-electron chi connectivity index (χ2n) is 15.4. The molecule has 0 unspecified atom stereocenters. The van der Waals surface area contributed by atoms with Gasteiger partial charge in [-0.25, -0.2) is 9.97 Å². The largest absolute Gasteiger partial charge is 0.307 e. The third-order valence-corrected chi connectivity index (χ3v) is 11.9. The van der Waals surface area contributed by atoms with Crippen molar-refractivity contribution in [3.05, 3.63) is 218 Å². The molecule has 0 aliphatic rings. The fourth-order valence-electron chi connectivity index (χ4n) is 9.25. The van der Waals surface area contributed by atoms with Crippen LogP contribution in [0.4, 0.5) is 0 Å². The molecule has 12 rings (SSSR count). The normalized spacial score (nSPS) is 11.7. The number of rotatable bonds is 6. The number of hydrogen-bond donors (Lipinski definition) is 0. The van der Waals surface area contributed by atoms with Crippen LogP contribution in [-0.4, -0.2) is 19.1 Å². The molecule has 4 nitrogen and oxygen atoms in total. The van der Waals surface area contributed by atoms with Gasteiger partial charge >= 0.3 is 0 Å². The number of hydrogen-bond acceptors (Lipinski definition) is 2. The first-order chi connectivity index (χ1) is 29.8. The average Bonchev–Trinajstić information content (AvgIpc) is 3.85. The van der Waals surface area contributed by atoms with Gasteiger partial charge in [0.1, 0.15) is 0 Å². The molecule has 0 fully saturated rings. The van der Waals surface area contributed by atoms with Crippen molar-refractivity contribution in [2.45, 2.75) is 0 Å². The van der Waals surface area contributed by atoms with Gasteiger partial charge in [-0.05, 0) is 59.0 Å². The first-order valence-corrected chi connectivity index (χ1v) is 20.4. The zero-order chi connectivity index (χ0) is 39.6. The van der Waals surface area contributed by atoms with Crippen molar-refractivity contribution in [1.82, 2.24) is 19.1 Å². The molecule has 60 heavy (non-hydrogen) atoms. The van der Waals surface area contributed by atoms with Crippen molar-refractivity contribution in [3.8, 4) is 56.4 Å². The molecular weight excluding hydrogens is 729 g/mol. The molecule has 0 aliphatic heterocycles. The summed E-state index contributed by atoms with van der Waals surface area (Å²) in [6, 6.07) is 77.9. The molecule has 0 aliphatic carbocycles. The summed E-state index contributed by atoms with van der Waals surface area (Å²) in [5.74, 6) is 0.691. The van der Waals surface area contributed by atoms with Gasteiger partial charge in [-0.2, -0.15) is 0 Å². The molecule has 3 aromatic heterocycles. The van der Waals surface area contributed by atoms with E-state index in [9.17, 15) is 0 Å². The minimum absolute atomic E-state index is 0.691. The fourth-order valence-corrected chi connectivity index (χ4v) is 9.25. The lowest BCUT2D eigenvalue weighted by atomic mass is 9.98. The Bertz CT molecular complexity index is 3580. The fraction of sp³-hybridized carbons (Fsp3) is 0. The Hall–Kier alpha value is -8.08. The summed E-state index contributed by atoms with van der Waals surface area (Å²) in [5, 5.41) is 7.17. The molecule has 0 saturated carbocycles. The molecule has 0 N–H and O–H groups in total. The number of aromatic nitrogens is 4. The van der Waals surface area contributed by atoms with Gasteiger partial charge < -0.3 is 9.13 Å². The van der Waals surface area contributed by atoms with E-state index in [-0.39, 0.29) is 0 Å². The van der Waals surface area contributed by atoms with Crippen molar-refractivity contribution < 1.29 is 0 Å². The highest BCUT2D eigenvalue weighted by Gasteiger charge is 2.22. The Kier molecular flexibility index (Phi) is 7.82. The molecule has 0 saturated heterocycles. The van der Waals surface area contributed by atoms with Crippen LogP contribution < -0.4 is 0 Å². The molecule has 9 aromatic carbocycles. The molecule has 4 heteroatoms. The maximum Gasteiger partial charge on any atom is 0.160 e. The Labute approximate surface area is 346 Å². The van der Waals surface area contributed by atoms with Crippen molar-refractivity contribution >= 4 is 54.4 Å². The first kappa shape index (κ1) is 34.0. The van der Waals surface area contributed by atoms with Crippen LogP contribution in [0.25, 0.3) is 111 Å². The summed E-state index contributed by atoms with van der Waals surface area (Å²) in [6.07, 6.45) is 0. The predicted molar refractivity (Wildman–Crippen MR) is 250 cm³/mol. The van der Waals surface area contributed by atoms with Crippen LogP contribution in [0.3, 0.4) is 0 Å². The van der Waals surface area contributed by atoms with Gasteiger partial charge in [0.25, 0.3) is 0 Å². The number of fused-ring (bicyclic) bond motifs is 8. The summed E-state index contributed by atoms with van der Waals surface area (Å²) < 4.78 is 4.94. The smallest absolute Gasteiger partial charge is 0.160 e. The predicted octanol–water partition coefficient (Wildman–Crippen LogP) is 14.5. The van der Waals surface area contributed by atoms with E-state index in [0.29, 0.717) is 5.82 Å². The summed E-state index contributed by atoms with van der Waals surface area (Å²) >= 11 is 0. The van der Waals surface area contributed by atoms with Gasteiger partial charge in [-0.15, -0.1) is 0 Å². The SMILES string of the molecule is c1ccc(-c2cccc(-c3nc(-c4ccccc4)cc(-c4cccc5c(-n6c7ccccc7c7ccc8c9ccccc9n(-c9ccccc9)c8c76)cccc45)n3)c2)cc1. The molecule has 0 spiro atoms. The van der Waals surface area contributed by atoms with E-state index in [1.165, 1.54) is 38.1 Å². The maximum absolute atomic E-state index is 5.37. The molecule has 0 amide bonds. The maximum atomic E-state index is 5.37. The zero-order valence-corrected chi connectivity index (χ0v) is 32.6. The van der Waals surface area contributed by atoms with Crippen LogP contribution in [-0.2, 0) is 0 Å². The van der Waals surface area contributed by atoms with Crippen molar-refractivity contribution in [2.24, 2.45) is 0 Å². The summed E-state index contributed by atoms with van der Waals surface area (Å²) in [7, 11) is 0. The third-order valence-electron chi connectivity index (χ3n) is 11.9. The van der Waals surface area contributed by atoms with Gasteiger partial charge in [0.15, 0.2) is 5.82 Å². The summed E-state index contributed by atoms with van der Waals surface area (Å²) in [5.41, 5.74) is 14.1. The van der Waals surface area contributed by atoms with Crippen LogP contribution in [0.1, 0.15) is 0 Å². The summed E-state index contributed by atoms with van der Waals surface area (Å²) in [4.78, 5) is 10.6. The van der Waals surface area contributed by atoms with E-state index in [0.717, 1.165) is 66.9 Å². The quantitative estimate of drug-likeness (QED) is 0.169. The van der Waals surface area contributed by atoms with E-state index in [1.807, 2.05) is 12.1 Å². The van der Waals surface area contributed by atoms with Crippen LogP contribution in [0.2, 0.25) is 0 Å². The standard InChI is InChI=1S/C56H36N4/c1-4-17-37(18-5-1)39-21-14-22-40(35-39)56-57-49(38-19-6-2-7-20-38)36-50(58-56)43-28-15-29-44-42(43)27-16-32-53(44)60-52-31-13-11-26-46(52)48-34-33-47-45-25-10-12-30-51(45)59(54(47)55(48)60)41-23-8-3-9-24-41/h1-36H. The van der Waals surface area contributed by atoms with E-state index in [1.54, 1.807) is 0 Å². The van der Waals surface area contributed by atoms with Crippen LogP contribution in [0.15, 0.2) is 218 Å². The topological polar surface area (TPSA) is 35.6 Å².